The first-order valence-electron chi connectivity index (χ1n) is 6.74. The molecule has 3 aliphatic rings. The Morgan fingerprint density at radius 3 is 2.68 bits per heavy atom. The topological polar surface area (TPSA) is 52.6 Å². The lowest BCUT2D eigenvalue weighted by atomic mass is 9.83. The Balaban J connectivity index is 1.74. The third-order valence-electron chi connectivity index (χ3n) is 4.57. The van der Waals surface area contributed by atoms with Crippen molar-refractivity contribution in [2.24, 2.45) is 5.92 Å². The molecule has 4 nitrogen and oxygen atoms in total. The molecule has 3 saturated heterocycles. The van der Waals surface area contributed by atoms with Crippen molar-refractivity contribution in [3.8, 4) is 0 Å². The highest BCUT2D eigenvalue weighted by Crippen LogP contribution is 2.48. The fraction of sp³-hybridized carbons (Fsp3) is 0.571. The predicted octanol–water partition coefficient (Wildman–Crippen LogP) is 1.41. The summed E-state index contributed by atoms with van der Waals surface area (Å²) in [6.07, 6.45) is 1.38. The van der Waals surface area contributed by atoms with Gasteiger partial charge >= 0.3 is 0 Å². The highest BCUT2D eigenvalue weighted by Gasteiger charge is 2.61. The Morgan fingerprint density at radius 1 is 1.11 bits per heavy atom. The molecule has 19 heavy (non-hydrogen) atoms. The zero-order valence-corrected chi connectivity index (χ0v) is 11.3. The molecular formula is C14H16O4S. The van der Waals surface area contributed by atoms with Gasteiger partial charge in [0, 0.05) is 6.61 Å². The molecular weight excluding hydrogens is 264 g/mol. The summed E-state index contributed by atoms with van der Waals surface area (Å²) < 4.78 is 37.1. The van der Waals surface area contributed by atoms with Crippen LogP contribution in [0.4, 0.5) is 0 Å². The minimum atomic E-state index is -3.37. The van der Waals surface area contributed by atoms with Crippen LogP contribution in [0.25, 0.3) is 0 Å². The van der Waals surface area contributed by atoms with E-state index < -0.39 is 15.1 Å². The van der Waals surface area contributed by atoms with Crippen molar-refractivity contribution in [1.29, 1.82) is 0 Å². The second-order valence-electron chi connectivity index (χ2n) is 5.58. The van der Waals surface area contributed by atoms with Gasteiger partial charge in [-0.05, 0) is 30.9 Å². The van der Waals surface area contributed by atoms with Crippen molar-refractivity contribution >= 4 is 9.84 Å². The monoisotopic (exact) mass is 280 g/mol. The van der Waals surface area contributed by atoms with Crippen LogP contribution < -0.4 is 0 Å². The molecule has 0 radical (unpaired) electrons. The third kappa shape index (κ3) is 1.61. The van der Waals surface area contributed by atoms with Crippen LogP contribution in [0.5, 0.6) is 0 Å². The average molecular weight is 280 g/mol. The van der Waals surface area contributed by atoms with E-state index in [2.05, 4.69) is 0 Å². The predicted molar refractivity (Wildman–Crippen MR) is 68.5 cm³/mol. The average Bonchev–Trinajstić information content (AvgIpc) is 2.98. The first-order valence-corrected chi connectivity index (χ1v) is 8.28. The summed E-state index contributed by atoms with van der Waals surface area (Å²) in [6.45, 7) is 0.655. The van der Waals surface area contributed by atoms with Crippen molar-refractivity contribution in [3.05, 3.63) is 30.3 Å². The zero-order valence-electron chi connectivity index (χ0n) is 10.4. The maximum absolute atomic E-state index is 12.8. The highest BCUT2D eigenvalue weighted by molar-refractivity contribution is 7.92. The number of fused-ring (bicyclic) bond motifs is 1. The van der Waals surface area contributed by atoms with Crippen LogP contribution in [0, 0.1) is 5.92 Å². The van der Waals surface area contributed by atoms with Gasteiger partial charge < -0.3 is 9.47 Å². The number of ether oxygens (including phenoxy) is 2. The molecule has 0 amide bonds. The van der Waals surface area contributed by atoms with Gasteiger partial charge in [-0.2, -0.15) is 0 Å². The molecule has 3 fully saturated rings. The molecule has 1 aromatic rings. The van der Waals surface area contributed by atoms with E-state index in [0.717, 1.165) is 12.8 Å². The summed E-state index contributed by atoms with van der Waals surface area (Å²) in [6, 6.07) is 8.64. The van der Waals surface area contributed by atoms with Gasteiger partial charge in [0.1, 0.15) is 11.4 Å². The molecule has 5 heteroatoms. The van der Waals surface area contributed by atoms with Crippen LogP contribution in [0.1, 0.15) is 12.8 Å². The van der Waals surface area contributed by atoms with E-state index in [-0.39, 0.29) is 18.3 Å². The second kappa shape index (κ2) is 4.04. The molecule has 3 aliphatic heterocycles. The standard InChI is InChI=1S/C14H16O4S/c15-19(16,10-4-2-1-3-5-10)14-11-8-9-6-7-17-13(14)12(9)18-11/h1-5,9,11-14H,6-8H2/t9-,11-,12+,13-,14-/m0/s1. The van der Waals surface area contributed by atoms with Gasteiger partial charge in [-0.15, -0.1) is 0 Å². The van der Waals surface area contributed by atoms with Crippen molar-refractivity contribution in [3.63, 3.8) is 0 Å². The molecule has 0 N–H and O–H groups in total. The highest BCUT2D eigenvalue weighted by atomic mass is 32.2. The summed E-state index contributed by atoms with van der Waals surface area (Å²) in [7, 11) is -3.37. The quantitative estimate of drug-likeness (QED) is 0.822. The van der Waals surface area contributed by atoms with Gasteiger partial charge in [-0.1, -0.05) is 18.2 Å². The molecule has 4 rings (SSSR count). The maximum Gasteiger partial charge on any atom is 0.186 e. The molecule has 0 aliphatic carbocycles. The first-order chi connectivity index (χ1) is 9.18. The largest absolute Gasteiger partial charge is 0.374 e. The van der Waals surface area contributed by atoms with E-state index in [1.54, 1.807) is 24.3 Å². The van der Waals surface area contributed by atoms with E-state index in [9.17, 15) is 8.42 Å². The van der Waals surface area contributed by atoms with E-state index in [1.807, 2.05) is 6.07 Å². The van der Waals surface area contributed by atoms with Crippen LogP contribution in [0.2, 0.25) is 0 Å². The number of benzene rings is 1. The summed E-state index contributed by atoms with van der Waals surface area (Å²) in [5.41, 5.74) is 0. The summed E-state index contributed by atoms with van der Waals surface area (Å²) in [5, 5.41) is -0.531. The number of rotatable bonds is 2. The third-order valence-corrected chi connectivity index (χ3v) is 6.79. The van der Waals surface area contributed by atoms with E-state index >= 15 is 0 Å². The smallest absolute Gasteiger partial charge is 0.186 e. The van der Waals surface area contributed by atoms with Gasteiger partial charge in [0.15, 0.2) is 9.84 Å². The molecule has 0 aromatic heterocycles. The van der Waals surface area contributed by atoms with Gasteiger partial charge in [0.05, 0.1) is 17.1 Å². The van der Waals surface area contributed by atoms with Crippen LogP contribution in [0.3, 0.4) is 0 Å². The number of sulfone groups is 1. The summed E-state index contributed by atoms with van der Waals surface area (Å²) in [4.78, 5) is 0.377. The molecule has 3 heterocycles. The molecule has 0 spiro atoms. The lowest BCUT2D eigenvalue weighted by molar-refractivity contribution is -0.0590. The molecule has 1 aromatic carbocycles. The normalized spacial score (nSPS) is 40.5. The summed E-state index contributed by atoms with van der Waals surface area (Å²) >= 11 is 0. The van der Waals surface area contributed by atoms with Gasteiger partial charge in [0.25, 0.3) is 0 Å². The fourth-order valence-corrected chi connectivity index (χ4v) is 5.74. The van der Waals surface area contributed by atoms with Crippen molar-refractivity contribution in [2.75, 3.05) is 6.61 Å². The Kier molecular flexibility index (Phi) is 2.53. The van der Waals surface area contributed by atoms with Crippen molar-refractivity contribution in [2.45, 2.75) is 41.3 Å². The minimum Gasteiger partial charge on any atom is -0.374 e. The fourth-order valence-electron chi connectivity index (χ4n) is 3.73. The van der Waals surface area contributed by atoms with Crippen LogP contribution in [-0.2, 0) is 19.3 Å². The van der Waals surface area contributed by atoms with Crippen LogP contribution in [0.15, 0.2) is 35.2 Å². The minimum absolute atomic E-state index is 0.0118. The Hall–Kier alpha value is -0.910. The summed E-state index contributed by atoms with van der Waals surface area (Å²) in [5.74, 6) is 0.492. The maximum atomic E-state index is 12.8. The lowest BCUT2D eigenvalue weighted by Gasteiger charge is -2.36. The Morgan fingerprint density at radius 2 is 1.89 bits per heavy atom. The Labute approximate surface area is 112 Å². The van der Waals surface area contributed by atoms with Crippen molar-refractivity contribution < 1.29 is 17.9 Å². The Bertz CT molecular complexity index is 581. The van der Waals surface area contributed by atoms with E-state index in [4.69, 9.17) is 9.47 Å². The van der Waals surface area contributed by atoms with E-state index in [0.29, 0.717) is 17.4 Å². The molecule has 102 valence electrons. The van der Waals surface area contributed by atoms with Gasteiger partial charge in [-0.25, -0.2) is 8.42 Å². The van der Waals surface area contributed by atoms with Gasteiger partial charge in [-0.3, -0.25) is 0 Å². The molecule has 0 saturated carbocycles. The number of hydrogen-bond acceptors (Lipinski definition) is 4. The second-order valence-corrected chi connectivity index (χ2v) is 7.69. The lowest BCUT2D eigenvalue weighted by Crippen LogP contribution is -2.50. The van der Waals surface area contributed by atoms with Crippen LogP contribution in [-0.4, -0.2) is 38.6 Å². The molecule has 5 atom stereocenters. The zero-order chi connectivity index (χ0) is 13.0. The van der Waals surface area contributed by atoms with Crippen LogP contribution >= 0.6 is 0 Å². The molecule has 0 unspecified atom stereocenters. The number of hydrogen-bond donors (Lipinski definition) is 0. The van der Waals surface area contributed by atoms with Crippen molar-refractivity contribution in [1.82, 2.24) is 0 Å². The van der Waals surface area contributed by atoms with E-state index in [1.165, 1.54) is 0 Å². The van der Waals surface area contributed by atoms with Gasteiger partial charge in [0.2, 0.25) is 0 Å². The first kappa shape index (κ1) is 11.9. The molecule has 2 bridgehead atoms. The SMILES string of the molecule is O=S(=O)(c1ccccc1)[C@@H]1[C@H]2OCC[C@H]3C[C@@H]1O[C@H]32.